The van der Waals surface area contributed by atoms with E-state index in [9.17, 15) is 9.59 Å². The summed E-state index contributed by atoms with van der Waals surface area (Å²) in [4.78, 5) is 26.9. The standard InChI is InChI=1S/C15H28N2O3/c1-4-12(5-2)10-16(6-3)15(20)17-8-7-13(11-17)9-14(18)19/h12-13H,4-11H2,1-3H3,(H,18,19). The maximum absolute atomic E-state index is 12.5. The van der Waals surface area contributed by atoms with Crippen molar-refractivity contribution in [2.75, 3.05) is 26.2 Å². The van der Waals surface area contributed by atoms with Gasteiger partial charge in [0.15, 0.2) is 0 Å². The largest absolute Gasteiger partial charge is 0.481 e. The Morgan fingerprint density at radius 1 is 1.30 bits per heavy atom. The highest BCUT2D eigenvalue weighted by atomic mass is 16.4. The van der Waals surface area contributed by atoms with Gasteiger partial charge in [-0.15, -0.1) is 0 Å². The molecule has 0 aliphatic carbocycles. The summed E-state index contributed by atoms with van der Waals surface area (Å²) in [5.74, 6) is -0.103. The van der Waals surface area contributed by atoms with Crippen molar-refractivity contribution in [2.24, 2.45) is 11.8 Å². The number of nitrogens with zero attached hydrogens (tertiary/aromatic N) is 2. The Labute approximate surface area is 121 Å². The molecule has 1 rings (SSSR count). The molecular weight excluding hydrogens is 256 g/mol. The lowest BCUT2D eigenvalue weighted by Gasteiger charge is -2.30. The number of carbonyl (C=O) groups is 2. The highest BCUT2D eigenvalue weighted by Gasteiger charge is 2.30. The van der Waals surface area contributed by atoms with Crippen molar-refractivity contribution in [3.8, 4) is 0 Å². The Bertz CT molecular complexity index is 329. The van der Waals surface area contributed by atoms with Crippen LogP contribution in [0.25, 0.3) is 0 Å². The third-order valence-electron chi connectivity index (χ3n) is 4.31. The van der Waals surface area contributed by atoms with E-state index in [0.29, 0.717) is 19.0 Å². The smallest absolute Gasteiger partial charge is 0.320 e. The van der Waals surface area contributed by atoms with Crippen LogP contribution in [0, 0.1) is 11.8 Å². The van der Waals surface area contributed by atoms with Crippen LogP contribution in [0.4, 0.5) is 4.79 Å². The van der Waals surface area contributed by atoms with E-state index >= 15 is 0 Å². The number of hydrogen-bond donors (Lipinski definition) is 1. The van der Waals surface area contributed by atoms with Crippen LogP contribution in [0.15, 0.2) is 0 Å². The van der Waals surface area contributed by atoms with Crippen molar-refractivity contribution < 1.29 is 14.7 Å². The maximum Gasteiger partial charge on any atom is 0.320 e. The average Bonchev–Trinajstić information content (AvgIpc) is 2.87. The van der Waals surface area contributed by atoms with Gasteiger partial charge in [-0.05, 0) is 25.2 Å². The average molecular weight is 284 g/mol. The van der Waals surface area contributed by atoms with Gasteiger partial charge in [0, 0.05) is 32.6 Å². The lowest BCUT2D eigenvalue weighted by atomic mass is 10.0. The topological polar surface area (TPSA) is 60.9 Å². The zero-order valence-corrected chi connectivity index (χ0v) is 13.0. The second kappa shape index (κ2) is 8.12. The number of rotatable bonds is 7. The first-order valence-electron chi connectivity index (χ1n) is 7.77. The first-order chi connectivity index (χ1) is 9.51. The molecule has 1 aliphatic rings. The molecule has 1 heterocycles. The normalized spacial score (nSPS) is 18.6. The van der Waals surface area contributed by atoms with Crippen molar-refractivity contribution in [3.63, 3.8) is 0 Å². The molecule has 1 atom stereocenters. The van der Waals surface area contributed by atoms with Crippen LogP contribution < -0.4 is 0 Å². The molecule has 20 heavy (non-hydrogen) atoms. The lowest BCUT2D eigenvalue weighted by molar-refractivity contribution is -0.138. The molecule has 0 radical (unpaired) electrons. The molecule has 5 nitrogen and oxygen atoms in total. The summed E-state index contributed by atoms with van der Waals surface area (Å²) in [6.45, 7) is 9.13. The molecule has 1 fully saturated rings. The molecular formula is C15H28N2O3. The molecule has 0 bridgehead atoms. The highest BCUT2D eigenvalue weighted by Crippen LogP contribution is 2.21. The van der Waals surface area contributed by atoms with E-state index < -0.39 is 5.97 Å². The summed E-state index contributed by atoms with van der Waals surface area (Å²) in [6, 6.07) is 0.0762. The fraction of sp³-hybridized carbons (Fsp3) is 0.867. The summed E-state index contributed by atoms with van der Waals surface area (Å²) in [7, 11) is 0. The molecule has 0 saturated carbocycles. The summed E-state index contributed by atoms with van der Waals surface area (Å²) >= 11 is 0. The fourth-order valence-electron chi connectivity index (χ4n) is 2.82. The van der Waals surface area contributed by atoms with E-state index in [1.807, 2.05) is 16.7 Å². The minimum atomic E-state index is -0.770. The number of amides is 2. The minimum Gasteiger partial charge on any atom is -0.481 e. The van der Waals surface area contributed by atoms with Gasteiger partial charge in [0.05, 0.1) is 0 Å². The Kier molecular flexibility index (Phi) is 6.82. The van der Waals surface area contributed by atoms with Gasteiger partial charge in [-0.3, -0.25) is 4.79 Å². The van der Waals surface area contributed by atoms with E-state index in [4.69, 9.17) is 5.11 Å². The Morgan fingerprint density at radius 3 is 2.45 bits per heavy atom. The fourth-order valence-corrected chi connectivity index (χ4v) is 2.82. The molecule has 1 N–H and O–H groups in total. The van der Waals surface area contributed by atoms with Gasteiger partial charge < -0.3 is 14.9 Å². The first-order valence-corrected chi connectivity index (χ1v) is 7.77. The molecule has 1 aliphatic heterocycles. The molecule has 5 heteroatoms. The predicted octanol–water partition coefficient (Wildman–Crippen LogP) is 2.66. The van der Waals surface area contributed by atoms with Crippen LogP contribution in [-0.2, 0) is 4.79 Å². The third-order valence-corrected chi connectivity index (χ3v) is 4.31. The van der Waals surface area contributed by atoms with Crippen LogP contribution in [-0.4, -0.2) is 53.1 Å². The van der Waals surface area contributed by atoms with E-state index in [0.717, 1.165) is 32.4 Å². The van der Waals surface area contributed by atoms with E-state index in [-0.39, 0.29) is 18.4 Å². The molecule has 116 valence electrons. The number of hydrogen-bond acceptors (Lipinski definition) is 2. The number of likely N-dealkylation sites (tertiary alicyclic amines) is 1. The van der Waals surface area contributed by atoms with Gasteiger partial charge in [-0.2, -0.15) is 0 Å². The van der Waals surface area contributed by atoms with Gasteiger partial charge >= 0.3 is 12.0 Å². The van der Waals surface area contributed by atoms with Gasteiger partial charge in [0.1, 0.15) is 0 Å². The number of carbonyl (C=O) groups excluding carboxylic acids is 1. The van der Waals surface area contributed by atoms with Crippen molar-refractivity contribution >= 4 is 12.0 Å². The van der Waals surface area contributed by atoms with Crippen molar-refractivity contribution in [2.45, 2.75) is 46.5 Å². The SMILES string of the molecule is CCC(CC)CN(CC)C(=O)N1CCC(CC(=O)O)C1. The molecule has 0 aromatic rings. The Hall–Kier alpha value is -1.26. The van der Waals surface area contributed by atoms with Crippen LogP contribution >= 0.6 is 0 Å². The third kappa shape index (κ3) is 4.69. The monoisotopic (exact) mass is 284 g/mol. The summed E-state index contributed by atoms with van der Waals surface area (Å²) < 4.78 is 0. The van der Waals surface area contributed by atoms with Gasteiger partial charge in [0.25, 0.3) is 0 Å². The second-order valence-electron chi connectivity index (χ2n) is 5.70. The number of urea groups is 1. The zero-order chi connectivity index (χ0) is 15.1. The second-order valence-corrected chi connectivity index (χ2v) is 5.70. The molecule has 1 unspecified atom stereocenters. The molecule has 0 spiro atoms. The van der Waals surface area contributed by atoms with Crippen LogP contribution in [0.1, 0.15) is 46.5 Å². The van der Waals surface area contributed by atoms with Crippen LogP contribution in [0.2, 0.25) is 0 Å². The highest BCUT2D eigenvalue weighted by molar-refractivity contribution is 5.75. The molecule has 1 saturated heterocycles. The van der Waals surface area contributed by atoms with Crippen molar-refractivity contribution in [3.05, 3.63) is 0 Å². The molecule has 2 amide bonds. The first kappa shape index (κ1) is 16.8. The van der Waals surface area contributed by atoms with Crippen molar-refractivity contribution in [1.82, 2.24) is 9.80 Å². The van der Waals surface area contributed by atoms with Gasteiger partial charge in [-0.1, -0.05) is 26.7 Å². The van der Waals surface area contributed by atoms with E-state index in [1.54, 1.807) is 0 Å². The van der Waals surface area contributed by atoms with Gasteiger partial charge in [-0.25, -0.2) is 4.79 Å². The van der Waals surface area contributed by atoms with E-state index in [2.05, 4.69) is 13.8 Å². The van der Waals surface area contributed by atoms with Crippen LogP contribution in [0.3, 0.4) is 0 Å². The van der Waals surface area contributed by atoms with Crippen LogP contribution in [0.5, 0.6) is 0 Å². The minimum absolute atomic E-state index is 0.0762. The number of carboxylic acid groups (broad SMARTS) is 1. The molecule has 0 aromatic heterocycles. The maximum atomic E-state index is 12.5. The Morgan fingerprint density at radius 2 is 1.95 bits per heavy atom. The molecule has 0 aromatic carbocycles. The van der Waals surface area contributed by atoms with E-state index in [1.165, 1.54) is 0 Å². The zero-order valence-electron chi connectivity index (χ0n) is 13.0. The summed E-state index contributed by atoms with van der Waals surface area (Å²) in [5.41, 5.74) is 0. The summed E-state index contributed by atoms with van der Waals surface area (Å²) in [6.07, 6.45) is 3.15. The van der Waals surface area contributed by atoms with Gasteiger partial charge in [0.2, 0.25) is 0 Å². The summed E-state index contributed by atoms with van der Waals surface area (Å²) in [5, 5.41) is 8.82. The van der Waals surface area contributed by atoms with Crippen molar-refractivity contribution in [1.29, 1.82) is 0 Å². The number of aliphatic carboxylic acids is 1. The quantitative estimate of drug-likeness (QED) is 0.782. The lowest BCUT2D eigenvalue weighted by Crippen LogP contribution is -2.44. The predicted molar refractivity (Wildman–Crippen MR) is 78.6 cm³/mol. The number of carboxylic acids is 1. The Balaban J connectivity index is 2.52.